The van der Waals surface area contributed by atoms with Crippen molar-refractivity contribution in [2.24, 2.45) is 0 Å². The Balaban J connectivity index is 1.09. The summed E-state index contributed by atoms with van der Waals surface area (Å²) in [6, 6.07) is 82.0. The number of benzene rings is 11. The molecule has 0 aliphatic rings. The third-order valence-electron chi connectivity index (χ3n) is 13.6. The molecular weight excluding hydrogens is 829 g/mol. The van der Waals surface area contributed by atoms with E-state index in [2.05, 4.69) is 199 Å². The number of furan rings is 1. The molecule has 3 heterocycles. The van der Waals surface area contributed by atoms with Crippen molar-refractivity contribution in [2.75, 3.05) is 0 Å². The van der Waals surface area contributed by atoms with Gasteiger partial charge in [0, 0.05) is 54.6 Å². The summed E-state index contributed by atoms with van der Waals surface area (Å²) in [5, 5.41) is 11.4. The first-order valence-corrected chi connectivity index (χ1v) is 23.0. The normalized spacial score (nSPS) is 11.8. The van der Waals surface area contributed by atoms with Crippen molar-refractivity contribution in [2.45, 2.75) is 0 Å². The molecule has 14 rings (SSSR count). The van der Waals surface area contributed by atoms with Crippen molar-refractivity contribution in [1.82, 2.24) is 19.5 Å². The Morgan fingerprint density at radius 3 is 1.62 bits per heavy atom. The van der Waals surface area contributed by atoms with Crippen LogP contribution in [0.2, 0.25) is 0 Å². The molecule has 68 heavy (non-hydrogen) atoms. The lowest BCUT2D eigenvalue weighted by molar-refractivity contribution is 0.669. The molecule has 0 saturated carbocycles. The minimum atomic E-state index is 0.568. The summed E-state index contributed by atoms with van der Waals surface area (Å²) >= 11 is 0. The molecule has 11 aromatic carbocycles. The Bertz CT molecular complexity index is 4300. The molecule has 0 N–H and O–H groups in total. The first kappa shape index (κ1) is 38.1. The lowest BCUT2D eigenvalue weighted by atomic mass is 9.92. The van der Waals surface area contributed by atoms with Gasteiger partial charge in [0.2, 0.25) is 0 Å². The number of hydrogen-bond acceptors (Lipinski definition) is 4. The molecule has 5 heteroatoms. The molecule has 316 valence electrons. The van der Waals surface area contributed by atoms with Crippen molar-refractivity contribution in [3.8, 4) is 62.1 Å². The molecule has 0 saturated heterocycles. The molecule has 14 aromatic rings. The van der Waals surface area contributed by atoms with Crippen LogP contribution < -0.4 is 0 Å². The number of para-hydroxylation sites is 1. The van der Waals surface area contributed by atoms with Crippen LogP contribution in [0.15, 0.2) is 235 Å². The van der Waals surface area contributed by atoms with Gasteiger partial charge in [-0.1, -0.05) is 194 Å². The Morgan fingerprint density at radius 2 is 0.838 bits per heavy atom. The van der Waals surface area contributed by atoms with Crippen molar-refractivity contribution in [3.63, 3.8) is 0 Å². The van der Waals surface area contributed by atoms with Crippen LogP contribution in [0.3, 0.4) is 0 Å². The van der Waals surface area contributed by atoms with Crippen LogP contribution in [0.4, 0.5) is 0 Å². The Morgan fingerprint density at radius 1 is 0.294 bits per heavy atom. The summed E-state index contributed by atoms with van der Waals surface area (Å²) in [5.41, 5.74) is 12.2. The minimum Gasteiger partial charge on any atom is -0.456 e. The number of rotatable bonds is 6. The van der Waals surface area contributed by atoms with Gasteiger partial charge in [-0.15, -0.1) is 0 Å². The largest absolute Gasteiger partial charge is 0.456 e. The van der Waals surface area contributed by atoms with Gasteiger partial charge < -0.3 is 8.98 Å². The molecule has 0 amide bonds. The first-order valence-electron chi connectivity index (χ1n) is 23.0. The van der Waals surface area contributed by atoms with E-state index >= 15 is 0 Å². The van der Waals surface area contributed by atoms with Gasteiger partial charge in [-0.25, -0.2) is 15.0 Å². The van der Waals surface area contributed by atoms with Gasteiger partial charge in [0.1, 0.15) is 11.2 Å². The van der Waals surface area contributed by atoms with E-state index in [9.17, 15) is 0 Å². The minimum absolute atomic E-state index is 0.568. The molecule has 5 nitrogen and oxygen atoms in total. The number of fused-ring (bicyclic) bond motifs is 10. The molecular formula is C63H38N4O. The molecule has 0 unspecified atom stereocenters. The average molecular weight is 867 g/mol. The molecule has 0 bridgehead atoms. The van der Waals surface area contributed by atoms with Crippen LogP contribution >= 0.6 is 0 Å². The third kappa shape index (κ3) is 6.06. The highest BCUT2D eigenvalue weighted by atomic mass is 16.3. The van der Waals surface area contributed by atoms with E-state index in [1.54, 1.807) is 0 Å². The van der Waals surface area contributed by atoms with Crippen LogP contribution in [-0.2, 0) is 0 Å². The van der Waals surface area contributed by atoms with E-state index in [4.69, 9.17) is 19.4 Å². The maximum atomic E-state index is 6.39. The van der Waals surface area contributed by atoms with Gasteiger partial charge in [0.15, 0.2) is 17.5 Å². The number of nitrogens with zero attached hydrogens (tertiary/aromatic N) is 4. The smallest absolute Gasteiger partial charge is 0.164 e. The second kappa shape index (κ2) is 15.2. The standard InChI is InChI=1S/C63H38N4O/c1-3-15-39(16-4-1)40-27-29-42(30-28-40)53-38-55(63-65-61(43-18-5-2-6-19-43)64-62(66-63)46-32-33-50-49-24-13-14-26-57(49)68-58(50)37-46)48-23-11-12-25-51(48)60(53)67-56-36-45-21-8-7-20-44(45)35-54(56)52-34-31-41-17-9-10-22-47(41)59(52)67/h1-38H. The Kier molecular flexibility index (Phi) is 8.52. The zero-order chi connectivity index (χ0) is 44.7. The van der Waals surface area contributed by atoms with E-state index in [0.717, 1.165) is 77.3 Å². The highest BCUT2D eigenvalue weighted by Gasteiger charge is 2.24. The summed E-state index contributed by atoms with van der Waals surface area (Å²) in [7, 11) is 0. The van der Waals surface area contributed by atoms with Gasteiger partial charge in [-0.2, -0.15) is 0 Å². The van der Waals surface area contributed by atoms with E-state index in [-0.39, 0.29) is 0 Å². The second-order valence-electron chi connectivity index (χ2n) is 17.5. The van der Waals surface area contributed by atoms with Crippen LogP contribution in [0, 0.1) is 0 Å². The summed E-state index contributed by atoms with van der Waals surface area (Å²) in [6.45, 7) is 0. The van der Waals surface area contributed by atoms with Crippen LogP contribution in [0.25, 0.3) is 138 Å². The van der Waals surface area contributed by atoms with Crippen molar-refractivity contribution in [3.05, 3.63) is 231 Å². The second-order valence-corrected chi connectivity index (χ2v) is 17.5. The summed E-state index contributed by atoms with van der Waals surface area (Å²) in [5.74, 6) is 1.75. The number of aromatic nitrogens is 4. The summed E-state index contributed by atoms with van der Waals surface area (Å²) in [6.07, 6.45) is 0. The van der Waals surface area contributed by atoms with Gasteiger partial charge >= 0.3 is 0 Å². The molecule has 3 aromatic heterocycles. The highest BCUT2D eigenvalue weighted by Crippen LogP contribution is 2.46. The SMILES string of the molecule is c1ccc(-c2ccc(-c3cc(-c4nc(-c5ccccc5)nc(-c5ccc6c(c5)oc5ccccc56)n4)c4ccccc4c3-n3c4cc5ccccc5cc4c4ccc5ccccc5c43)cc2)cc1. The maximum absolute atomic E-state index is 6.39. The predicted molar refractivity (Wildman–Crippen MR) is 281 cm³/mol. The van der Waals surface area contributed by atoms with Gasteiger partial charge in [0.25, 0.3) is 0 Å². The van der Waals surface area contributed by atoms with Gasteiger partial charge in [-0.05, 0) is 74.6 Å². The fourth-order valence-corrected chi connectivity index (χ4v) is 10.4. The summed E-state index contributed by atoms with van der Waals surface area (Å²) < 4.78 is 8.92. The van der Waals surface area contributed by atoms with Crippen LogP contribution in [0.1, 0.15) is 0 Å². The Labute approximate surface area is 390 Å². The fourth-order valence-electron chi connectivity index (χ4n) is 10.4. The monoisotopic (exact) mass is 866 g/mol. The lowest BCUT2D eigenvalue weighted by Crippen LogP contribution is -2.04. The van der Waals surface area contributed by atoms with Gasteiger partial charge in [0.05, 0.1) is 16.7 Å². The average Bonchev–Trinajstić information content (AvgIpc) is 3.95. The lowest BCUT2D eigenvalue weighted by Gasteiger charge is -2.21. The molecule has 0 fully saturated rings. The topological polar surface area (TPSA) is 56.7 Å². The fraction of sp³-hybridized carbons (Fsp3) is 0. The quantitative estimate of drug-likeness (QED) is 0.167. The molecule has 0 aliphatic carbocycles. The van der Waals surface area contributed by atoms with Crippen molar-refractivity contribution < 1.29 is 4.42 Å². The molecule has 0 aliphatic heterocycles. The highest BCUT2D eigenvalue weighted by molar-refractivity contribution is 6.22. The molecule has 0 spiro atoms. The zero-order valence-corrected chi connectivity index (χ0v) is 36.6. The molecule has 0 radical (unpaired) electrons. The van der Waals surface area contributed by atoms with Crippen LogP contribution in [0.5, 0.6) is 0 Å². The van der Waals surface area contributed by atoms with E-state index in [0.29, 0.717) is 17.5 Å². The Hall–Kier alpha value is -9.19. The van der Waals surface area contributed by atoms with E-state index in [1.807, 2.05) is 36.4 Å². The third-order valence-corrected chi connectivity index (χ3v) is 13.6. The van der Waals surface area contributed by atoms with E-state index in [1.165, 1.54) is 43.4 Å². The predicted octanol–water partition coefficient (Wildman–Crippen LogP) is 16.7. The zero-order valence-electron chi connectivity index (χ0n) is 36.6. The first-order chi connectivity index (χ1) is 33.7. The number of hydrogen-bond donors (Lipinski definition) is 0. The van der Waals surface area contributed by atoms with Crippen molar-refractivity contribution >= 4 is 76.1 Å². The molecule has 0 atom stereocenters. The van der Waals surface area contributed by atoms with Crippen molar-refractivity contribution in [1.29, 1.82) is 0 Å². The summed E-state index contributed by atoms with van der Waals surface area (Å²) in [4.78, 5) is 15.9. The maximum Gasteiger partial charge on any atom is 0.164 e. The van der Waals surface area contributed by atoms with Gasteiger partial charge in [-0.3, -0.25) is 0 Å². The van der Waals surface area contributed by atoms with E-state index < -0.39 is 0 Å². The van der Waals surface area contributed by atoms with Crippen LogP contribution in [-0.4, -0.2) is 19.5 Å².